The Hall–Kier alpha value is -1.75. The van der Waals surface area contributed by atoms with Crippen LogP contribution in [0, 0.1) is 5.41 Å². The zero-order chi connectivity index (χ0) is 18.0. The van der Waals surface area contributed by atoms with Crippen LogP contribution in [-0.2, 0) is 11.2 Å². The van der Waals surface area contributed by atoms with Crippen LogP contribution in [0.25, 0.3) is 0 Å². The van der Waals surface area contributed by atoms with E-state index in [9.17, 15) is 0 Å². The van der Waals surface area contributed by atoms with Gasteiger partial charge in [-0.2, -0.15) is 0 Å². The fourth-order valence-electron chi connectivity index (χ4n) is 3.68. The lowest BCUT2D eigenvalue weighted by Gasteiger charge is -2.30. The van der Waals surface area contributed by atoms with Gasteiger partial charge in [-0.15, -0.1) is 0 Å². The van der Waals surface area contributed by atoms with Crippen LogP contribution in [0.3, 0.4) is 0 Å². The van der Waals surface area contributed by atoms with Gasteiger partial charge in [-0.1, -0.05) is 31.0 Å². The highest BCUT2D eigenvalue weighted by Gasteiger charge is 2.33. The summed E-state index contributed by atoms with van der Waals surface area (Å²) >= 11 is 0. The van der Waals surface area contributed by atoms with Crippen molar-refractivity contribution in [3.63, 3.8) is 0 Å². The van der Waals surface area contributed by atoms with Gasteiger partial charge in [0.25, 0.3) is 0 Å². The lowest BCUT2D eigenvalue weighted by atomic mass is 9.83. The molecule has 1 fully saturated rings. The third-order valence-electron chi connectivity index (χ3n) is 5.23. The molecular weight excluding hydrogens is 314 g/mol. The summed E-state index contributed by atoms with van der Waals surface area (Å²) in [5.74, 6) is 1.82. The minimum atomic E-state index is 0.357. The fraction of sp³-hybridized carbons (Fsp3) is 0.650. The van der Waals surface area contributed by atoms with Crippen molar-refractivity contribution in [3.05, 3.63) is 29.8 Å². The Bertz CT molecular complexity index is 539. The van der Waals surface area contributed by atoms with Crippen LogP contribution in [-0.4, -0.2) is 46.9 Å². The van der Waals surface area contributed by atoms with E-state index in [1.54, 1.807) is 14.2 Å². The van der Waals surface area contributed by atoms with Crippen LogP contribution in [0.2, 0.25) is 0 Å². The van der Waals surface area contributed by atoms with Gasteiger partial charge >= 0.3 is 0 Å². The van der Waals surface area contributed by atoms with E-state index >= 15 is 0 Å². The van der Waals surface area contributed by atoms with Gasteiger partial charge in [0.15, 0.2) is 5.96 Å². The summed E-state index contributed by atoms with van der Waals surface area (Å²) in [6.45, 7) is 2.62. The molecule has 0 amide bonds. The summed E-state index contributed by atoms with van der Waals surface area (Å²) in [5, 5.41) is 6.95. The molecule has 1 saturated carbocycles. The standard InChI is InChI=1S/C20H33N3O2/c1-21-19(22-14-10-17-8-4-5-9-18(17)25-3)23-16-20(13-15-24-2)11-6-7-12-20/h4-5,8-9H,6-7,10-16H2,1-3H3,(H2,21,22,23). The van der Waals surface area contributed by atoms with E-state index in [2.05, 4.69) is 21.7 Å². The molecule has 2 N–H and O–H groups in total. The molecule has 0 saturated heterocycles. The number of guanidine groups is 1. The number of rotatable bonds is 9. The summed E-state index contributed by atoms with van der Waals surface area (Å²) in [6, 6.07) is 8.15. The summed E-state index contributed by atoms with van der Waals surface area (Å²) in [6.07, 6.45) is 7.23. The van der Waals surface area contributed by atoms with Gasteiger partial charge in [0, 0.05) is 33.9 Å². The minimum absolute atomic E-state index is 0.357. The first-order chi connectivity index (χ1) is 12.2. The van der Waals surface area contributed by atoms with E-state index in [-0.39, 0.29) is 0 Å². The molecule has 0 unspecified atom stereocenters. The van der Waals surface area contributed by atoms with Crippen molar-refractivity contribution < 1.29 is 9.47 Å². The van der Waals surface area contributed by atoms with Gasteiger partial charge in [-0.05, 0) is 42.7 Å². The third-order valence-corrected chi connectivity index (χ3v) is 5.23. The molecule has 1 aromatic carbocycles. The Labute approximate surface area is 152 Å². The smallest absolute Gasteiger partial charge is 0.191 e. The molecule has 5 nitrogen and oxygen atoms in total. The third kappa shape index (κ3) is 5.92. The summed E-state index contributed by atoms with van der Waals surface area (Å²) in [5.41, 5.74) is 1.57. The molecule has 1 aromatic rings. The first-order valence-corrected chi connectivity index (χ1v) is 9.28. The fourth-order valence-corrected chi connectivity index (χ4v) is 3.68. The van der Waals surface area contributed by atoms with E-state index in [1.165, 1.54) is 31.2 Å². The summed E-state index contributed by atoms with van der Waals surface area (Å²) in [7, 11) is 5.33. The van der Waals surface area contributed by atoms with Gasteiger partial charge in [-0.25, -0.2) is 0 Å². The van der Waals surface area contributed by atoms with Crippen LogP contribution in [0.1, 0.15) is 37.7 Å². The summed E-state index contributed by atoms with van der Waals surface area (Å²) in [4.78, 5) is 4.37. The Balaban J connectivity index is 1.80. The quantitative estimate of drug-likeness (QED) is 0.533. The predicted molar refractivity (Wildman–Crippen MR) is 103 cm³/mol. The number of nitrogens with one attached hydrogen (secondary N) is 2. The maximum Gasteiger partial charge on any atom is 0.191 e. The van der Waals surface area contributed by atoms with Gasteiger partial charge in [0.2, 0.25) is 0 Å². The van der Waals surface area contributed by atoms with Crippen molar-refractivity contribution in [2.75, 3.05) is 41.0 Å². The van der Waals surface area contributed by atoms with Crippen molar-refractivity contribution in [2.45, 2.75) is 38.5 Å². The molecule has 0 aromatic heterocycles. The van der Waals surface area contributed by atoms with E-state index in [0.717, 1.165) is 44.2 Å². The number of methoxy groups -OCH3 is 2. The molecule has 2 rings (SSSR count). The molecule has 25 heavy (non-hydrogen) atoms. The molecule has 0 atom stereocenters. The first kappa shape index (κ1) is 19.6. The van der Waals surface area contributed by atoms with Crippen LogP contribution < -0.4 is 15.4 Å². The first-order valence-electron chi connectivity index (χ1n) is 9.28. The average molecular weight is 348 g/mol. The van der Waals surface area contributed by atoms with Gasteiger partial charge in [0.05, 0.1) is 7.11 Å². The lowest BCUT2D eigenvalue weighted by Crippen LogP contribution is -2.43. The highest BCUT2D eigenvalue weighted by molar-refractivity contribution is 5.79. The second-order valence-electron chi connectivity index (χ2n) is 6.86. The van der Waals surface area contributed by atoms with Crippen LogP contribution in [0.15, 0.2) is 29.3 Å². The molecule has 0 radical (unpaired) electrons. The Kier molecular flexibility index (Phi) is 8.06. The van der Waals surface area contributed by atoms with E-state index in [0.29, 0.717) is 5.41 Å². The molecule has 0 aliphatic heterocycles. The molecule has 0 bridgehead atoms. The monoisotopic (exact) mass is 347 g/mol. The lowest BCUT2D eigenvalue weighted by molar-refractivity contribution is 0.138. The largest absolute Gasteiger partial charge is 0.496 e. The zero-order valence-corrected chi connectivity index (χ0v) is 15.9. The van der Waals surface area contributed by atoms with E-state index in [4.69, 9.17) is 9.47 Å². The molecule has 1 aliphatic rings. The van der Waals surface area contributed by atoms with E-state index in [1.807, 2.05) is 25.2 Å². The SMILES string of the molecule is CN=C(NCCc1ccccc1OC)NCC1(CCOC)CCCC1. The second kappa shape index (κ2) is 10.3. The zero-order valence-electron chi connectivity index (χ0n) is 15.9. The molecule has 140 valence electrons. The van der Waals surface area contributed by atoms with Gasteiger partial charge in [-0.3, -0.25) is 4.99 Å². The van der Waals surface area contributed by atoms with Crippen molar-refractivity contribution >= 4 is 5.96 Å². The van der Waals surface area contributed by atoms with Gasteiger partial charge < -0.3 is 20.1 Å². The number of ether oxygens (including phenoxy) is 2. The van der Waals surface area contributed by atoms with Gasteiger partial charge in [0.1, 0.15) is 5.75 Å². The van der Waals surface area contributed by atoms with Crippen LogP contribution in [0.5, 0.6) is 5.75 Å². The molecular formula is C20H33N3O2. The highest BCUT2D eigenvalue weighted by Crippen LogP contribution is 2.40. The molecule has 5 heteroatoms. The average Bonchev–Trinajstić information content (AvgIpc) is 3.12. The molecule has 0 heterocycles. The second-order valence-corrected chi connectivity index (χ2v) is 6.86. The predicted octanol–water partition coefficient (Wildman–Crippen LogP) is 3.00. The van der Waals surface area contributed by atoms with Crippen LogP contribution in [0.4, 0.5) is 0 Å². The maximum absolute atomic E-state index is 5.41. The Morgan fingerprint density at radius 3 is 2.60 bits per heavy atom. The Morgan fingerprint density at radius 1 is 1.16 bits per heavy atom. The van der Waals surface area contributed by atoms with Crippen molar-refractivity contribution in [1.29, 1.82) is 0 Å². The minimum Gasteiger partial charge on any atom is -0.496 e. The number of aliphatic imine (C=N–C) groups is 1. The van der Waals surface area contributed by atoms with Crippen molar-refractivity contribution in [1.82, 2.24) is 10.6 Å². The topological polar surface area (TPSA) is 54.9 Å². The number of hydrogen-bond donors (Lipinski definition) is 2. The number of hydrogen-bond acceptors (Lipinski definition) is 3. The molecule has 1 aliphatic carbocycles. The molecule has 0 spiro atoms. The van der Waals surface area contributed by atoms with Crippen LogP contribution >= 0.6 is 0 Å². The highest BCUT2D eigenvalue weighted by atomic mass is 16.5. The van der Waals surface area contributed by atoms with Crippen molar-refractivity contribution in [3.8, 4) is 5.75 Å². The van der Waals surface area contributed by atoms with Crippen molar-refractivity contribution in [2.24, 2.45) is 10.4 Å². The number of nitrogens with zero attached hydrogens (tertiary/aromatic N) is 1. The van der Waals surface area contributed by atoms with E-state index < -0.39 is 0 Å². The number of benzene rings is 1. The summed E-state index contributed by atoms with van der Waals surface area (Å²) < 4.78 is 10.7. The Morgan fingerprint density at radius 2 is 1.92 bits per heavy atom. The maximum atomic E-state index is 5.41. The normalized spacial score (nSPS) is 16.7. The number of para-hydroxylation sites is 1.